The number of benzene rings is 1. The Bertz CT molecular complexity index is 630. The monoisotopic (exact) mass is 298 g/mol. The highest BCUT2D eigenvalue weighted by Gasteiger charge is 2.15. The Kier molecular flexibility index (Phi) is 4.34. The van der Waals surface area contributed by atoms with Gasteiger partial charge in [0.2, 0.25) is 11.8 Å². The van der Waals surface area contributed by atoms with Gasteiger partial charge < -0.3 is 9.52 Å². The van der Waals surface area contributed by atoms with Crippen LogP contribution in [0.1, 0.15) is 19.2 Å². The summed E-state index contributed by atoms with van der Waals surface area (Å²) in [4.78, 5) is 10.6. The summed E-state index contributed by atoms with van der Waals surface area (Å²) in [6.45, 7) is 1.78. The van der Waals surface area contributed by atoms with Crippen LogP contribution in [0.25, 0.3) is 11.5 Å². The largest absolute Gasteiger partial charge is 0.481 e. The van der Waals surface area contributed by atoms with Crippen LogP contribution in [0.5, 0.6) is 0 Å². The van der Waals surface area contributed by atoms with Crippen LogP contribution in [0, 0.1) is 11.7 Å². The van der Waals surface area contributed by atoms with Gasteiger partial charge in [0, 0.05) is 18.4 Å². The van der Waals surface area contributed by atoms with Crippen LogP contribution in [0.4, 0.5) is 4.39 Å². The summed E-state index contributed by atoms with van der Waals surface area (Å²) in [5, 5.41) is 16.3. The van der Waals surface area contributed by atoms with Crippen molar-refractivity contribution >= 4 is 17.6 Å². The van der Waals surface area contributed by atoms with Gasteiger partial charge in [0.15, 0.2) is 0 Å². The average molecular weight is 299 g/mol. The third kappa shape index (κ3) is 3.54. The maximum Gasteiger partial charge on any atom is 0.303 e. The number of carboxylic acids is 1. The molecule has 2 aromatic rings. The maximum absolute atomic E-state index is 13.1. The summed E-state index contributed by atoms with van der Waals surface area (Å²) in [6, 6.07) is 4.10. The number of carboxylic acid groups (broad SMARTS) is 1. The van der Waals surface area contributed by atoms with Gasteiger partial charge in [0.05, 0.1) is 5.02 Å². The first kappa shape index (κ1) is 14.5. The lowest BCUT2D eigenvalue weighted by molar-refractivity contribution is -0.137. The van der Waals surface area contributed by atoms with Crippen molar-refractivity contribution in [2.24, 2.45) is 5.92 Å². The predicted molar refractivity (Wildman–Crippen MR) is 69.8 cm³/mol. The van der Waals surface area contributed by atoms with E-state index in [1.54, 1.807) is 6.92 Å². The predicted octanol–water partition coefficient (Wildman–Crippen LogP) is 3.18. The molecule has 1 aromatic carbocycles. The van der Waals surface area contributed by atoms with E-state index in [9.17, 15) is 9.18 Å². The lowest BCUT2D eigenvalue weighted by Gasteiger charge is -2.03. The van der Waals surface area contributed by atoms with Crippen molar-refractivity contribution in [3.8, 4) is 11.5 Å². The van der Waals surface area contributed by atoms with Crippen molar-refractivity contribution in [3.63, 3.8) is 0 Å². The number of aliphatic carboxylic acids is 1. The molecule has 0 spiro atoms. The van der Waals surface area contributed by atoms with E-state index in [-0.39, 0.29) is 23.3 Å². The molecule has 1 unspecified atom stereocenters. The zero-order valence-electron chi connectivity index (χ0n) is 10.6. The van der Waals surface area contributed by atoms with Gasteiger partial charge in [0.25, 0.3) is 0 Å². The smallest absolute Gasteiger partial charge is 0.303 e. The van der Waals surface area contributed by atoms with Crippen LogP contribution in [-0.4, -0.2) is 21.3 Å². The summed E-state index contributed by atoms with van der Waals surface area (Å²) in [7, 11) is 0. The molecule has 20 heavy (non-hydrogen) atoms. The molecule has 5 nitrogen and oxygen atoms in total. The molecule has 0 aliphatic rings. The van der Waals surface area contributed by atoms with Crippen LogP contribution in [0.15, 0.2) is 22.6 Å². The number of nitrogens with zero attached hydrogens (tertiary/aromatic N) is 2. The summed E-state index contributed by atoms with van der Waals surface area (Å²) in [5.74, 6) is -0.941. The number of aromatic nitrogens is 2. The minimum absolute atomic E-state index is 0.0264. The van der Waals surface area contributed by atoms with Gasteiger partial charge >= 0.3 is 5.97 Å². The molecule has 106 valence electrons. The number of carbonyl (C=O) groups is 1. The summed E-state index contributed by atoms with van der Waals surface area (Å²) >= 11 is 5.68. The summed E-state index contributed by atoms with van der Waals surface area (Å²) < 4.78 is 18.5. The maximum atomic E-state index is 13.1. The number of hydrogen-bond acceptors (Lipinski definition) is 4. The van der Waals surface area contributed by atoms with Crippen LogP contribution in [-0.2, 0) is 11.2 Å². The molecule has 7 heteroatoms. The third-order valence-electron chi connectivity index (χ3n) is 2.68. The first-order valence-corrected chi connectivity index (χ1v) is 6.33. The molecule has 1 atom stereocenters. The zero-order valence-corrected chi connectivity index (χ0v) is 11.4. The highest BCUT2D eigenvalue weighted by molar-refractivity contribution is 6.31. The van der Waals surface area contributed by atoms with E-state index in [4.69, 9.17) is 21.1 Å². The normalized spacial score (nSPS) is 12.3. The second kappa shape index (κ2) is 6.00. The minimum Gasteiger partial charge on any atom is -0.481 e. The molecule has 0 bridgehead atoms. The quantitative estimate of drug-likeness (QED) is 0.917. The Morgan fingerprint density at radius 3 is 2.90 bits per heavy atom. The lowest BCUT2D eigenvalue weighted by Crippen LogP contribution is -2.07. The molecule has 1 N–H and O–H groups in total. The molecule has 0 aliphatic heterocycles. The Morgan fingerprint density at radius 2 is 2.25 bits per heavy atom. The molecule has 0 saturated carbocycles. The Labute approximate surface area is 119 Å². The van der Waals surface area contributed by atoms with Crippen molar-refractivity contribution in [3.05, 3.63) is 34.9 Å². The highest BCUT2D eigenvalue weighted by Crippen LogP contribution is 2.24. The van der Waals surface area contributed by atoms with Gasteiger partial charge in [-0.25, -0.2) is 4.39 Å². The molecule has 1 heterocycles. The molecule has 2 rings (SSSR count). The van der Waals surface area contributed by atoms with E-state index in [1.165, 1.54) is 18.2 Å². The average Bonchev–Trinajstić information content (AvgIpc) is 2.80. The fourth-order valence-electron chi connectivity index (χ4n) is 1.75. The van der Waals surface area contributed by atoms with E-state index in [2.05, 4.69) is 10.2 Å². The second-order valence-corrected chi connectivity index (χ2v) is 4.94. The van der Waals surface area contributed by atoms with Gasteiger partial charge in [0.1, 0.15) is 5.82 Å². The van der Waals surface area contributed by atoms with Crippen LogP contribution in [0.2, 0.25) is 5.02 Å². The van der Waals surface area contributed by atoms with Crippen LogP contribution in [0.3, 0.4) is 0 Å². The second-order valence-electron chi connectivity index (χ2n) is 4.54. The molecule has 0 saturated heterocycles. The standard InChI is InChI=1S/C13H12ClFN2O3/c1-7(5-12(18)19)4-11-16-17-13(20-11)8-2-3-10(15)9(14)6-8/h2-3,6-7H,4-5H2,1H3,(H,18,19). The molecule has 0 amide bonds. The minimum atomic E-state index is -0.873. The van der Waals surface area contributed by atoms with Gasteiger partial charge in [-0.2, -0.15) is 0 Å². The molecule has 0 radical (unpaired) electrons. The van der Waals surface area contributed by atoms with Crippen LogP contribution < -0.4 is 0 Å². The number of rotatable bonds is 5. The molecular weight excluding hydrogens is 287 g/mol. The van der Waals surface area contributed by atoms with Crippen LogP contribution >= 0.6 is 11.6 Å². The molecule has 1 aromatic heterocycles. The van der Waals surface area contributed by atoms with E-state index < -0.39 is 11.8 Å². The fourth-order valence-corrected chi connectivity index (χ4v) is 1.93. The van der Waals surface area contributed by atoms with Crippen molar-refractivity contribution in [1.29, 1.82) is 0 Å². The third-order valence-corrected chi connectivity index (χ3v) is 2.97. The first-order chi connectivity index (χ1) is 9.45. The lowest BCUT2D eigenvalue weighted by atomic mass is 10.0. The van der Waals surface area contributed by atoms with E-state index in [1.807, 2.05) is 0 Å². The van der Waals surface area contributed by atoms with Crippen molar-refractivity contribution in [2.45, 2.75) is 19.8 Å². The Morgan fingerprint density at radius 1 is 1.50 bits per heavy atom. The van der Waals surface area contributed by atoms with E-state index in [0.29, 0.717) is 17.9 Å². The Balaban J connectivity index is 2.12. The van der Waals surface area contributed by atoms with Gasteiger partial charge in [-0.05, 0) is 24.1 Å². The first-order valence-electron chi connectivity index (χ1n) is 5.95. The van der Waals surface area contributed by atoms with Crippen molar-refractivity contribution in [1.82, 2.24) is 10.2 Å². The van der Waals surface area contributed by atoms with Gasteiger partial charge in [-0.3, -0.25) is 4.79 Å². The van der Waals surface area contributed by atoms with Crippen molar-refractivity contribution < 1.29 is 18.7 Å². The fraction of sp³-hybridized carbons (Fsp3) is 0.308. The SMILES string of the molecule is CC(CC(=O)O)Cc1nnc(-c2ccc(F)c(Cl)c2)o1. The van der Waals surface area contributed by atoms with Crippen molar-refractivity contribution in [2.75, 3.05) is 0 Å². The van der Waals surface area contributed by atoms with Gasteiger partial charge in [-0.15, -0.1) is 10.2 Å². The molecular formula is C13H12ClFN2O3. The van der Waals surface area contributed by atoms with Gasteiger partial charge in [-0.1, -0.05) is 18.5 Å². The highest BCUT2D eigenvalue weighted by atomic mass is 35.5. The van der Waals surface area contributed by atoms with E-state index >= 15 is 0 Å². The topological polar surface area (TPSA) is 76.2 Å². The molecule has 0 aliphatic carbocycles. The zero-order chi connectivity index (χ0) is 14.7. The Hall–Kier alpha value is -1.95. The summed E-state index contributed by atoms with van der Waals surface area (Å²) in [5.41, 5.74) is 0.515. The number of hydrogen-bond donors (Lipinski definition) is 1. The number of halogens is 2. The van der Waals surface area contributed by atoms with E-state index in [0.717, 1.165) is 0 Å². The molecule has 0 fully saturated rings. The summed E-state index contributed by atoms with van der Waals surface area (Å²) in [6.07, 6.45) is 0.397.